The summed E-state index contributed by atoms with van der Waals surface area (Å²) < 4.78 is 0. The fourth-order valence-corrected chi connectivity index (χ4v) is 2.24. The van der Waals surface area contributed by atoms with Gasteiger partial charge in [-0.1, -0.05) is 17.7 Å². The Morgan fingerprint density at radius 3 is 2.69 bits per heavy atom. The number of benzene rings is 1. The van der Waals surface area contributed by atoms with E-state index in [0.29, 0.717) is 6.54 Å². The molecule has 2 N–H and O–H groups in total. The number of aryl methyl sites for hydroxylation is 1. The highest BCUT2D eigenvalue weighted by atomic mass is 32.2. The average Bonchev–Trinajstić information content (AvgIpc) is 2.33. The van der Waals surface area contributed by atoms with Crippen LogP contribution in [0.4, 0.5) is 0 Å². The molecule has 0 aliphatic carbocycles. The van der Waals surface area contributed by atoms with Crippen molar-refractivity contribution in [1.29, 1.82) is 0 Å². The van der Waals surface area contributed by atoms with Crippen molar-refractivity contribution in [3.8, 4) is 0 Å². The van der Waals surface area contributed by atoms with Gasteiger partial charge in [-0.05, 0) is 36.4 Å². The Morgan fingerprint density at radius 2 is 2.00 bits per heavy atom. The van der Waals surface area contributed by atoms with E-state index in [1.54, 1.807) is 24.2 Å². The van der Waals surface area contributed by atoms with Crippen molar-refractivity contribution >= 4 is 11.8 Å². The normalized spacial score (nSPS) is 10.4. The van der Waals surface area contributed by atoms with Crippen LogP contribution in [0.15, 0.2) is 46.7 Å². The van der Waals surface area contributed by atoms with Crippen molar-refractivity contribution < 1.29 is 0 Å². The molecule has 4 heteroatoms. The first-order chi connectivity index (χ1) is 7.79. The van der Waals surface area contributed by atoms with Gasteiger partial charge in [-0.2, -0.15) is 0 Å². The minimum atomic E-state index is 0.539. The molecule has 2 rings (SSSR count). The maximum atomic E-state index is 5.72. The third-order valence-electron chi connectivity index (χ3n) is 2.18. The molecule has 0 radical (unpaired) electrons. The van der Waals surface area contributed by atoms with Gasteiger partial charge in [0.2, 0.25) is 0 Å². The predicted octanol–water partition coefficient (Wildman–Crippen LogP) is 2.39. The summed E-state index contributed by atoms with van der Waals surface area (Å²) in [7, 11) is 0. The van der Waals surface area contributed by atoms with Crippen LogP contribution in [0, 0.1) is 6.92 Å². The fraction of sp³-hybridized carbons (Fsp3) is 0.167. The van der Waals surface area contributed by atoms with Crippen molar-refractivity contribution in [2.45, 2.75) is 23.5 Å². The van der Waals surface area contributed by atoms with Gasteiger partial charge in [0.15, 0.2) is 5.16 Å². The molecule has 0 amide bonds. The number of nitrogens with two attached hydrogens (primary N) is 1. The quantitative estimate of drug-likeness (QED) is 0.824. The van der Waals surface area contributed by atoms with Gasteiger partial charge < -0.3 is 5.73 Å². The first-order valence-corrected chi connectivity index (χ1v) is 5.85. The molecule has 1 aromatic heterocycles. The van der Waals surface area contributed by atoms with Crippen LogP contribution < -0.4 is 5.73 Å². The summed E-state index contributed by atoms with van der Waals surface area (Å²) in [5, 5.41) is 0.751. The smallest absolute Gasteiger partial charge is 0.192 e. The topological polar surface area (TPSA) is 51.8 Å². The fourth-order valence-electron chi connectivity index (χ4n) is 1.40. The highest BCUT2D eigenvalue weighted by Gasteiger charge is 2.04. The Hall–Kier alpha value is -1.39. The van der Waals surface area contributed by atoms with E-state index in [1.165, 1.54) is 5.56 Å². The molecule has 0 fully saturated rings. The zero-order valence-electron chi connectivity index (χ0n) is 9.05. The summed E-state index contributed by atoms with van der Waals surface area (Å²) in [5.74, 6) is 0. The Labute approximate surface area is 99.1 Å². The Bertz CT molecular complexity index is 471. The lowest BCUT2D eigenvalue weighted by molar-refractivity contribution is 0.959. The van der Waals surface area contributed by atoms with E-state index in [-0.39, 0.29) is 0 Å². The number of aromatic nitrogens is 2. The van der Waals surface area contributed by atoms with E-state index in [4.69, 9.17) is 5.73 Å². The Balaban J connectivity index is 2.28. The number of hydrogen-bond acceptors (Lipinski definition) is 4. The molecule has 0 atom stereocenters. The molecular weight excluding hydrogens is 218 g/mol. The van der Waals surface area contributed by atoms with Gasteiger partial charge in [0, 0.05) is 23.8 Å². The van der Waals surface area contributed by atoms with E-state index in [9.17, 15) is 0 Å². The van der Waals surface area contributed by atoms with Crippen LogP contribution >= 0.6 is 11.8 Å². The third-order valence-corrected chi connectivity index (χ3v) is 3.19. The summed E-state index contributed by atoms with van der Waals surface area (Å²) in [4.78, 5) is 9.49. The van der Waals surface area contributed by atoms with Crippen LogP contribution in [0.1, 0.15) is 11.1 Å². The molecule has 1 aromatic carbocycles. The molecule has 0 bridgehead atoms. The molecule has 2 aromatic rings. The minimum Gasteiger partial charge on any atom is -0.326 e. The Morgan fingerprint density at radius 1 is 1.25 bits per heavy atom. The lowest BCUT2D eigenvalue weighted by Gasteiger charge is -2.07. The van der Waals surface area contributed by atoms with Gasteiger partial charge >= 0.3 is 0 Å². The van der Waals surface area contributed by atoms with Crippen LogP contribution in [0.3, 0.4) is 0 Å². The zero-order valence-corrected chi connectivity index (χ0v) is 9.87. The summed E-state index contributed by atoms with van der Waals surface area (Å²) in [5.41, 5.74) is 8.08. The second-order valence-corrected chi connectivity index (χ2v) is 4.46. The summed E-state index contributed by atoms with van der Waals surface area (Å²) in [6.07, 6.45) is 3.48. The van der Waals surface area contributed by atoms with E-state index in [0.717, 1.165) is 15.6 Å². The van der Waals surface area contributed by atoms with Crippen LogP contribution in [0.2, 0.25) is 0 Å². The van der Waals surface area contributed by atoms with Crippen LogP contribution in [-0.2, 0) is 6.54 Å². The first kappa shape index (κ1) is 11.1. The number of hydrogen-bond donors (Lipinski definition) is 1. The summed E-state index contributed by atoms with van der Waals surface area (Å²) in [6.45, 7) is 2.60. The molecule has 0 aliphatic rings. The van der Waals surface area contributed by atoms with Gasteiger partial charge in [-0.3, -0.25) is 0 Å². The summed E-state index contributed by atoms with van der Waals surface area (Å²) >= 11 is 1.55. The SMILES string of the molecule is Cc1ccc(Sc2ncccn2)c(CN)c1. The Kier molecular flexibility index (Phi) is 3.54. The molecular formula is C12H13N3S. The maximum absolute atomic E-state index is 5.72. The standard InChI is InChI=1S/C12H13N3S/c1-9-3-4-11(10(7-9)8-13)16-12-14-5-2-6-15-12/h2-7H,8,13H2,1H3. The molecule has 82 valence electrons. The molecule has 0 aliphatic heterocycles. The first-order valence-electron chi connectivity index (χ1n) is 5.04. The van der Waals surface area contributed by atoms with Gasteiger partial charge in [0.25, 0.3) is 0 Å². The summed E-state index contributed by atoms with van der Waals surface area (Å²) in [6, 6.07) is 8.05. The molecule has 0 unspecified atom stereocenters. The average molecular weight is 231 g/mol. The van der Waals surface area contributed by atoms with E-state index < -0.39 is 0 Å². The molecule has 1 heterocycles. The van der Waals surface area contributed by atoms with Crippen molar-refractivity contribution in [2.24, 2.45) is 5.73 Å². The lowest BCUT2D eigenvalue weighted by Crippen LogP contribution is -1.99. The highest BCUT2D eigenvalue weighted by molar-refractivity contribution is 7.99. The molecule has 3 nitrogen and oxygen atoms in total. The second kappa shape index (κ2) is 5.09. The highest BCUT2D eigenvalue weighted by Crippen LogP contribution is 2.27. The van der Waals surface area contributed by atoms with Crippen LogP contribution in [0.5, 0.6) is 0 Å². The van der Waals surface area contributed by atoms with E-state index in [1.807, 2.05) is 6.07 Å². The third kappa shape index (κ3) is 2.59. The van der Waals surface area contributed by atoms with Crippen LogP contribution in [-0.4, -0.2) is 9.97 Å². The van der Waals surface area contributed by atoms with Gasteiger partial charge in [-0.25, -0.2) is 9.97 Å². The predicted molar refractivity (Wildman–Crippen MR) is 65.2 cm³/mol. The monoisotopic (exact) mass is 231 g/mol. The van der Waals surface area contributed by atoms with Crippen molar-refractivity contribution in [2.75, 3.05) is 0 Å². The van der Waals surface area contributed by atoms with Gasteiger partial charge in [0.1, 0.15) is 0 Å². The zero-order chi connectivity index (χ0) is 11.4. The minimum absolute atomic E-state index is 0.539. The van der Waals surface area contributed by atoms with E-state index in [2.05, 4.69) is 35.1 Å². The van der Waals surface area contributed by atoms with E-state index >= 15 is 0 Å². The van der Waals surface area contributed by atoms with Gasteiger partial charge in [0.05, 0.1) is 0 Å². The molecule has 16 heavy (non-hydrogen) atoms. The lowest BCUT2D eigenvalue weighted by atomic mass is 10.1. The second-order valence-electron chi connectivity index (χ2n) is 3.45. The molecule has 0 saturated carbocycles. The van der Waals surface area contributed by atoms with Crippen molar-refractivity contribution in [1.82, 2.24) is 9.97 Å². The molecule has 0 saturated heterocycles. The van der Waals surface area contributed by atoms with Crippen molar-refractivity contribution in [3.63, 3.8) is 0 Å². The number of rotatable bonds is 3. The molecule has 0 spiro atoms. The van der Waals surface area contributed by atoms with Crippen molar-refractivity contribution in [3.05, 3.63) is 47.8 Å². The maximum Gasteiger partial charge on any atom is 0.192 e. The largest absolute Gasteiger partial charge is 0.326 e. The van der Waals surface area contributed by atoms with Crippen LogP contribution in [0.25, 0.3) is 0 Å². The van der Waals surface area contributed by atoms with Gasteiger partial charge in [-0.15, -0.1) is 0 Å². The number of nitrogens with zero attached hydrogens (tertiary/aromatic N) is 2.